The van der Waals surface area contributed by atoms with Crippen LogP contribution in [0.2, 0.25) is 0 Å². The van der Waals surface area contributed by atoms with Crippen molar-refractivity contribution in [3.05, 3.63) is 60.2 Å². The Morgan fingerprint density at radius 3 is 2.13 bits per heavy atom. The zero-order valence-corrected chi connectivity index (χ0v) is 17.4. The van der Waals surface area contributed by atoms with E-state index in [0.29, 0.717) is 49.2 Å². The molecule has 2 rings (SSSR count). The van der Waals surface area contributed by atoms with Crippen LogP contribution in [0, 0.1) is 0 Å². The third-order valence-electron chi connectivity index (χ3n) is 4.12. The third-order valence-corrected chi connectivity index (χ3v) is 4.12. The Labute approximate surface area is 180 Å². The van der Waals surface area contributed by atoms with Gasteiger partial charge in [-0.25, -0.2) is 9.59 Å². The molecule has 0 aliphatic rings. The maximum absolute atomic E-state index is 12.5. The molecule has 0 heterocycles. The van der Waals surface area contributed by atoms with Gasteiger partial charge >= 0.3 is 11.9 Å². The van der Waals surface area contributed by atoms with Crippen molar-refractivity contribution in [2.75, 3.05) is 27.4 Å². The van der Waals surface area contributed by atoms with Gasteiger partial charge in [0.2, 0.25) is 5.75 Å². The van der Waals surface area contributed by atoms with Gasteiger partial charge in [0.05, 0.1) is 33.0 Å². The van der Waals surface area contributed by atoms with E-state index in [1.807, 2.05) is 0 Å². The van der Waals surface area contributed by atoms with Crippen LogP contribution in [0.4, 0.5) is 0 Å². The van der Waals surface area contributed by atoms with Gasteiger partial charge < -0.3 is 23.7 Å². The van der Waals surface area contributed by atoms with Gasteiger partial charge in [0.25, 0.3) is 0 Å². The third kappa shape index (κ3) is 6.88. The first-order valence-electron chi connectivity index (χ1n) is 9.47. The molecule has 0 aliphatic carbocycles. The number of hydrogen-bond donors (Lipinski definition) is 0. The summed E-state index contributed by atoms with van der Waals surface area (Å²) in [5.41, 5.74) is 0.626. The fourth-order valence-electron chi connectivity index (χ4n) is 2.53. The zero-order valence-electron chi connectivity index (χ0n) is 17.4. The number of aldehydes is 1. The van der Waals surface area contributed by atoms with Gasteiger partial charge in [-0.2, -0.15) is 0 Å². The summed E-state index contributed by atoms with van der Waals surface area (Å²) >= 11 is 0. The number of methoxy groups -OCH3 is 2. The van der Waals surface area contributed by atoms with Crippen molar-refractivity contribution >= 4 is 18.2 Å². The average molecular weight is 428 g/mol. The number of rotatable bonds is 12. The summed E-state index contributed by atoms with van der Waals surface area (Å²) in [6.45, 7) is 4.07. The number of carbonyl (C=O) groups excluding carboxylic acids is 3. The predicted octanol–water partition coefficient (Wildman–Crippen LogP) is 3.62. The summed E-state index contributed by atoms with van der Waals surface area (Å²) in [6, 6.07) is 9.35. The molecular formula is C23H24O8. The Bertz CT molecular complexity index is 893. The van der Waals surface area contributed by atoms with Gasteiger partial charge in [-0.05, 0) is 49.2 Å². The number of hydrogen-bond acceptors (Lipinski definition) is 8. The molecule has 0 bridgehead atoms. The lowest BCUT2D eigenvalue weighted by molar-refractivity contribution is -0.137. The monoisotopic (exact) mass is 428 g/mol. The van der Waals surface area contributed by atoms with E-state index in [4.69, 9.17) is 23.7 Å². The fraction of sp³-hybridized carbons (Fsp3) is 0.261. The van der Waals surface area contributed by atoms with Gasteiger partial charge in [0.15, 0.2) is 11.5 Å². The first kappa shape index (κ1) is 23.5. The summed E-state index contributed by atoms with van der Waals surface area (Å²) in [5.74, 6) is 0.00890. The Balaban J connectivity index is 1.93. The quantitative estimate of drug-likeness (QED) is 0.166. The first-order chi connectivity index (χ1) is 15.0. The van der Waals surface area contributed by atoms with Crippen LogP contribution in [0.5, 0.6) is 23.0 Å². The molecule has 31 heavy (non-hydrogen) atoms. The molecule has 0 unspecified atom stereocenters. The smallest absolute Gasteiger partial charge is 0.343 e. The van der Waals surface area contributed by atoms with Gasteiger partial charge in [0.1, 0.15) is 12.0 Å². The molecular weight excluding hydrogens is 404 g/mol. The highest BCUT2D eigenvalue weighted by molar-refractivity contribution is 5.92. The number of benzene rings is 2. The molecule has 0 spiro atoms. The van der Waals surface area contributed by atoms with E-state index < -0.39 is 11.9 Å². The van der Waals surface area contributed by atoms with Crippen molar-refractivity contribution < 1.29 is 38.1 Å². The molecule has 2 aromatic rings. The first-order valence-corrected chi connectivity index (χ1v) is 9.47. The topological polar surface area (TPSA) is 97.4 Å². The standard InChI is InChI=1S/C23H24O8/c1-4-21(25)30-12-6-5-11-29-18-9-7-17(8-10-18)23(26)31-22-19(27-2)13-16(15-24)14-20(22)28-3/h4,7-10,13-15H,1,5-6,11-12H2,2-3H3. The highest BCUT2D eigenvalue weighted by atomic mass is 16.6. The molecule has 0 saturated carbocycles. The largest absolute Gasteiger partial charge is 0.494 e. The van der Waals surface area contributed by atoms with Crippen molar-refractivity contribution in [1.29, 1.82) is 0 Å². The predicted molar refractivity (Wildman–Crippen MR) is 112 cm³/mol. The Morgan fingerprint density at radius 1 is 0.968 bits per heavy atom. The summed E-state index contributed by atoms with van der Waals surface area (Å²) in [5, 5.41) is 0. The lowest BCUT2D eigenvalue weighted by Crippen LogP contribution is -2.10. The molecule has 0 atom stereocenters. The van der Waals surface area contributed by atoms with Gasteiger partial charge in [-0.1, -0.05) is 6.58 Å². The summed E-state index contributed by atoms with van der Waals surface area (Å²) in [7, 11) is 2.80. The second-order valence-corrected chi connectivity index (χ2v) is 6.21. The summed E-state index contributed by atoms with van der Waals surface area (Å²) in [6.07, 6.45) is 3.12. The van der Waals surface area contributed by atoms with Gasteiger partial charge in [0, 0.05) is 11.6 Å². The summed E-state index contributed by atoms with van der Waals surface area (Å²) in [4.78, 5) is 34.5. The molecule has 164 valence electrons. The van der Waals surface area contributed by atoms with Gasteiger partial charge in [-0.15, -0.1) is 0 Å². The van der Waals surface area contributed by atoms with Crippen molar-refractivity contribution in [2.24, 2.45) is 0 Å². The number of carbonyl (C=O) groups is 3. The highest BCUT2D eigenvalue weighted by Gasteiger charge is 2.19. The molecule has 8 heteroatoms. The highest BCUT2D eigenvalue weighted by Crippen LogP contribution is 2.38. The molecule has 0 radical (unpaired) electrons. The Hall–Kier alpha value is -3.81. The van der Waals surface area contributed by atoms with Gasteiger partial charge in [-0.3, -0.25) is 4.79 Å². The van der Waals surface area contributed by atoms with Crippen molar-refractivity contribution in [3.63, 3.8) is 0 Å². The van der Waals surface area contributed by atoms with Crippen LogP contribution in [0.3, 0.4) is 0 Å². The molecule has 0 fully saturated rings. The van der Waals surface area contributed by atoms with Crippen LogP contribution in [-0.2, 0) is 9.53 Å². The SMILES string of the molecule is C=CC(=O)OCCCCOc1ccc(C(=O)Oc2c(OC)cc(C=O)cc2OC)cc1. The molecule has 0 aromatic heterocycles. The van der Waals surface area contributed by atoms with Crippen LogP contribution < -0.4 is 18.9 Å². The molecule has 2 aromatic carbocycles. The van der Waals surface area contributed by atoms with E-state index >= 15 is 0 Å². The minimum Gasteiger partial charge on any atom is -0.494 e. The second-order valence-electron chi connectivity index (χ2n) is 6.21. The number of unbranched alkanes of at least 4 members (excludes halogenated alkanes) is 1. The maximum Gasteiger partial charge on any atom is 0.343 e. The fourth-order valence-corrected chi connectivity index (χ4v) is 2.53. The maximum atomic E-state index is 12.5. The van der Waals surface area contributed by atoms with E-state index in [0.717, 1.165) is 6.08 Å². The van der Waals surface area contributed by atoms with E-state index in [1.165, 1.54) is 26.4 Å². The second kappa shape index (κ2) is 12.0. The molecule has 0 amide bonds. The Kier molecular flexibility index (Phi) is 9.10. The average Bonchev–Trinajstić information content (AvgIpc) is 2.81. The molecule has 0 N–H and O–H groups in total. The molecule has 0 aliphatic heterocycles. The summed E-state index contributed by atoms with van der Waals surface area (Å²) < 4.78 is 26.3. The zero-order chi connectivity index (χ0) is 22.6. The van der Waals surface area contributed by atoms with E-state index in [9.17, 15) is 14.4 Å². The van der Waals surface area contributed by atoms with E-state index in [2.05, 4.69) is 6.58 Å². The normalized spacial score (nSPS) is 10.0. The Morgan fingerprint density at radius 2 is 1.58 bits per heavy atom. The molecule has 8 nitrogen and oxygen atoms in total. The lowest BCUT2D eigenvalue weighted by Gasteiger charge is -2.14. The van der Waals surface area contributed by atoms with Crippen LogP contribution in [0.25, 0.3) is 0 Å². The van der Waals surface area contributed by atoms with Crippen LogP contribution in [0.15, 0.2) is 49.1 Å². The van der Waals surface area contributed by atoms with Crippen LogP contribution in [-0.4, -0.2) is 45.7 Å². The van der Waals surface area contributed by atoms with Crippen LogP contribution in [0.1, 0.15) is 33.6 Å². The minimum absolute atomic E-state index is 0.0816. The van der Waals surface area contributed by atoms with Crippen LogP contribution >= 0.6 is 0 Å². The van der Waals surface area contributed by atoms with Crippen molar-refractivity contribution in [3.8, 4) is 23.0 Å². The van der Waals surface area contributed by atoms with Crippen molar-refractivity contribution in [2.45, 2.75) is 12.8 Å². The van der Waals surface area contributed by atoms with Crippen molar-refractivity contribution in [1.82, 2.24) is 0 Å². The molecule has 0 saturated heterocycles. The number of ether oxygens (including phenoxy) is 5. The van der Waals surface area contributed by atoms with E-state index in [-0.39, 0.29) is 17.2 Å². The lowest BCUT2D eigenvalue weighted by atomic mass is 10.2. The minimum atomic E-state index is -0.619. The van der Waals surface area contributed by atoms with E-state index in [1.54, 1.807) is 24.3 Å². The number of esters is 2.